The summed E-state index contributed by atoms with van der Waals surface area (Å²) in [5, 5.41) is 2.18. The van der Waals surface area contributed by atoms with Gasteiger partial charge < -0.3 is 5.32 Å². The van der Waals surface area contributed by atoms with E-state index in [1.165, 1.54) is 36.4 Å². The Morgan fingerprint density at radius 3 is 2.25 bits per heavy atom. The van der Waals surface area contributed by atoms with E-state index in [1.807, 2.05) is 0 Å². The molecule has 1 N–H and O–H groups in total. The van der Waals surface area contributed by atoms with Gasteiger partial charge in [0.15, 0.2) is 0 Å². The van der Waals surface area contributed by atoms with E-state index >= 15 is 0 Å². The van der Waals surface area contributed by atoms with E-state index in [4.69, 9.17) is 0 Å². The second kappa shape index (κ2) is 5.38. The number of benzene rings is 2. The molecule has 1 amide bonds. The largest absolute Gasteiger partial charge is 0.334 e. The molecule has 0 saturated heterocycles. The van der Waals surface area contributed by atoms with Crippen LogP contribution in [0.25, 0.3) is 0 Å². The van der Waals surface area contributed by atoms with Crippen molar-refractivity contribution in [2.24, 2.45) is 0 Å². The van der Waals surface area contributed by atoms with Gasteiger partial charge in [-0.05, 0) is 24.3 Å². The fourth-order valence-corrected chi connectivity index (χ4v) is 2.24. The Kier molecular flexibility index (Phi) is 3.80. The van der Waals surface area contributed by atoms with Crippen LogP contribution in [0.4, 0.5) is 14.0 Å². The first-order valence-corrected chi connectivity index (χ1v) is 6.87. The van der Waals surface area contributed by atoms with E-state index < -0.39 is 26.8 Å². The smallest absolute Gasteiger partial charge is 0.321 e. The van der Waals surface area contributed by atoms with Crippen molar-refractivity contribution in [3.05, 3.63) is 59.9 Å². The maximum absolute atomic E-state index is 13.4. The molecule has 0 spiro atoms. The van der Waals surface area contributed by atoms with Crippen molar-refractivity contribution < 1.29 is 21.5 Å². The molecule has 0 radical (unpaired) electrons. The third-order valence-corrected chi connectivity index (χ3v) is 3.40. The minimum Gasteiger partial charge on any atom is -0.321 e. The number of carbonyl (C=O) groups is 1. The maximum atomic E-state index is 13.4. The Morgan fingerprint density at radius 1 is 1.00 bits per heavy atom. The van der Waals surface area contributed by atoms with E-state index in [1.54, 1.807) is 0 Å². The lowest BCUT2D eigenvalue weighted by molar-refractivity contribution is 0.102. The molecule has 0 aliphatic heterocycles. The van der Waals surface area contributed by atoms with Gasteiger partial charge in [-0.15, -0.1) is 3.89 Å². The zero-order valence-electron chi connectivity index (χ0n) is 10.0. The van der Waals surface area contributed by atoms with Crippen LogP contribution >= 0.6 is 0 Å². The van der Waals surface area contributed by atoms with Gasteiger partial charge in [-0.25, -0.2) is 4.39 Å². The van der Waals surface area contributed by atoms with Crippen LogP contribution in [0.1, 0.15) is 10.4 Å². The normalized spacial score (nSPS) is 11.1. The van der Waals surface area contributed by atoms with Crippen molar-refractivity contribution in [2.45, 2.75) is 4.90 Å². The number of hydrogen-bond donors (Lipinski definition) is 1. The van der Waals surface area contributed by atoms with Crippen LogP contribution in [0.5, 0.6) is 0 Å². The summed E-state index contributed by atoms with van der Waals surface area (Å²) in [6.07, 6.45) is 0. The highest BCUT2D eigenvalue weighted by atomic mass is 32.3. The van der Waals surface area contributed by atoms with Gasteiger partial charge in [-0.1, -0.05) is 24.3 Å². The molecular formula is C13H9F2NO3S. The zero-order valence-corrected chi connectivity index (χ0v) is 10.8. The van der Waals surface area contributed by atoms with Gasteiger partial charge in [-0.3, -0.25) is 4.79 Å². The van der Waals surface area contributed by atoms with E-state index in [0.717, 1.165) is 12.1 Å². The third-order valence-electron chi connectivity index (χ3n) is 2.52. The summed E-state index contributed by atoms with van der Waals surface area (Å²) >= 11 is 0. The second-order valence-corrected chi connectivity index (χ2v) is 5.18. The molecule has 20 heavy (non-hydrogen) atoms. The molecule has 0 bridgehead atoms. The number of para-hydroxylation sites is 1. The molecule has 0 aliphatic rings. The van der Waals surface area contributed by atoms with Gasteiger partial charge in [0.2, 0.25) is 0 Å². The van der Waals surface area contributed by atoms with Crippen molar-refractivity contribution in [1.82, 2.24) is 0 Å². The minimum atomic E-state index is -4.98. The van der Waals surface area contributed by atoms with Gasteiger partial charge >= 0.3 is 10.2 Å². The number of carbonyl (C=O) groups excluding carboxylic acids is 1. The minimum absolute atomic E-state index is 0.247. The molecule has 104 valence electrons. The fraction of sp³-hybridized carbons (Fsp3) is 0. The molecule has 0 fully saturated rings. The highest BCUT2D eigenvalue weighted by molar-refractivity contribution is 7.86. The predicted molar refractivity (Wildman–Crippen MR) is 69.1 cm³/mol. The summed E-state index contributed by atoms with van der Waals surface area (Å²) in [6.45, 7) is 0. The van der Waals surface area contributed by atoms with Crippen LogP contribution < -0.4 is 5.32 Å². The highest BCUT2D eigenvalue weighted by Crippen LogP contribution is 2.23. The first-order valence-electron chi connectivity index (χ1n) is 5.49. The third kappa shape index (κ3) is 3.00. The highest BCUT2D eigenvalue weighted by Gasteiger charge is 2.19. The molecule has 0 aliphatic carbocycles. The van der Waals surface area contributed by atoms with Gasteiger partial charge in [-0.2, -0.15) is 8.42 Å². The van der Waals surface area contributed by atoms with E-state index in [-0.39, 0.29) is 11.3 Å². The quantitative estimate of drug-likeness (QED) is 0.886. The summed E-state index contributed by atoms with van der Waals surface area (Å²) in [5.41, 5.74) is -0.512. The summed E-state index contributed by atoms with van der Waals surface area (Å²) < 4.78 is 48.4. The molecule has 2 aromatic carbocycles. The van der Waals surface area contributed by atoms with E-state index in [2.05, 4.69) is 5.32 Å². The zero-order chi connectivity index (χ0) is 14.8. The molecule has 0 saturated carbocycles. The molecule has 0 atom stereocenters. The van der Waals surface area contributed by atoms with Crippen LogP contribution in [0, 0.1) is 5.82 Å². The molecule has 2 rings (SSSR count). The molecule has 0 unspecified atom stereocenters. The van der Waals surface area contributed by atoms with Crippen LogP contribution in [0.3, 0.4) is 0 Å². The molecule has 7 heteroatoms. The van der Waals surface area contributed by atoms with Crippen molar-refractivity contribution >= 4 is 21.8 Å². The maximum Gasteiger partial charge on any atom is 0.334 e. The molecular weight excluding hydrogens is 288 g/mol. The lowest BCUT2D eigenvalue weighted by atomic mass is 10.2. The topological polar surface area (TPSA) is 63.2 Å². The van der Waals surface area contributed by atoms with Gasteiger partial charge in [0.05, 0.1) is 11.3 Å². The first kappa shape index (κ1) is 14.1. The van der Waals surface area contributed by atoms with Crippen molar-refractivity contribution in [2.75, 3.05) is 5.32 Å². The Balaban J connectivity index is 2.37. The predicted octanol–water partition coefficient (Wildman–Crippen LogP) is 2.74. The number of anilines is 1. The first-order chi connectivity index (χ1) is 9.39. The SMILES string of the molecule is O=C(Nc1ccccc1S(=O)(=O)F)c1ccccc1F. The van der Waals surface area contributed by atoms with Crippen LogP contribution in [0.15, 0.2) is 53.4 Å². The molecule has 0 aromatic heterocycles. The Labute approximate surface area is 114 Å². The van der Waals surface area contributed by atoms with Crippen molar-refractivity contribution in [3.63, 3.8) is 0 Å². The van der Waals surface area contributed by atoms with Crippen LogP contribution in [-0.4, -0.2) is 14.3 Å². The second-order valence-electron chi connectivity index (χ2n) is 3.87. The Morgan fingerprint density at radius 2 is 1.60 bits per heavy atom. The van der Waals surface area contributed by atoms with E-state index in [0.29, 0.717) is 0 Å². The number of hydrogen-bond acceptors (Lipinski definition) is 3. The Hall–Kier alpha value is -2.28. The summed E-state index contributed by atoms with van der Waals surface area (Å²) in [7, 11) is -4.98. The summed E-state index contributed by atoms with van der Waals surface area (Å²) in [6, 6.07) is 10.1. The fourth-order valence-electron chi connectivity index (χ4n) is 1.62. The number of halogens is 2. The van der Waals surface area contributed by atoms with Crippen LogP contribution in [0.2, 0.25) is 0 Å². The average molecular weight is 297 g/mol. The standard InChI is InChI=1S/C13H9F2NO3S/c14-10-6-2-1-5-9(10)13(17)16-11-7-3-4-8-12(11)20(15,18)19/h1-8H,(H,16,17). The Bertz CT molecular complexity index is 760. The van der Waals surface area contributed by atoms with Crippen molar-refractivity contribution in [3.8, 4) is 0 Å². The summed E-state index contributed by atoms with van der Waals surface area (Å²) in [5.74, 6) is -1.62. The van der Waals surface area contributed by atoms with Gasteiger partial charge in [0, 0.05) is 0 Å². The molecule has 0 heterocycles. The van der Waals surface area contributed by atoms with Crippen molar-refractivity contribution in [1.29, 1.82) is 0 Å². The average Bonchev–Trinajstić information content (AvgIpc) is 2.38. The number of amides is 1. The lowest BCUT2D eigenvalue weighted by Crippen LogP contribution is -2.15. The molecule has 2 aromatic rings. The lowest BCUT2D eigenvalue weighted by Gasteiger charge is -2.08. The number of rotatable bonds is 3. The van der Waals surface area contributed by atoms with Gasteiger partial charge in [0.1, 0.15) is 10.7 Å². The van der Waals surface area contributed by atoms with E-state index in [9.17, 15) is 21.5 Å². The monoisotopic (exact) mass is 297 g/mol. The van der Waals surface area contributed by atoms with Gasteiger partial charge in [0.25, 0.3) is 5.91 Å². The van der Waals surface area contributed by atoms with Crippen LogP contribution in [-0.2, 0) is 10.2 Å². The molecule has 4 nitrogen and oxygen atoms in total. The summed E-state index contributed by atoms with van der Waals surface area (Å²) in [4.78, 5) is 11.2. The number of nitrogens with one attached hydrogen (secondary N) is 1.